The minimum Gasteiger partial charge on any atom is -0.359 e. The maximum atomic E-state index is 11.1. The Morgan fingerprint density at radius 1 is 1.29 bits per heavy atom. The third kappa shape index (κ3) is 4.78. The van der Waals surface area contributed by atoms with Crippen LogP contribution in [-0.4, -0.2) is 17.4 Å². The maximum Gasteiger partial charge on any atom is 0.171 e. The number of ketones is 1. The minimum absolute atomic E-state index is 0.0551. The lowest BCUT2D eigenvalue weighted by Crippen LogP contribution is -2.29. The highest BCUT2D eigenvalue weighted by molar-refractivity contribution is 7.80. The van der Waals surface area contributed by atoms with Gasteiger partial charge in [0.05, 0.1) is 0 Å². The molecular weight excluding hydrogens is 232 g/mol. The molecule has 1 rings (SSSR count). The molecule has 0 aromatic heterocycles. The molecule has 4 heteroatoms. The zero-order chi connectivity index (χ0) is 12.8. The van der Waals surface area contributed by atoms with Crippen molar-refractivity contribution in [1.29, 1.82) is 0 Å². The fraction of sp³-hybridized carbons (Fsp3) is 0.231. The molecule has 0 aliphatic rings. The third-order valence-corrected chi connectivity index (χ3v) is 2.35. The summed E-state index contributed by atoms with van der Waals surface area (Å²) >= 11 is 5.11. The van der Waals surface area contributed by atoms with Gasteiger partial charge in [-0.15, -0.1) is 0 Å². The first kappa shape index (κ1) is 13.4. The van der Waals surface area contributed by atoms with Crippen LogP contribution in [0, 0.1) is 0 Å². The van der Waals surface area contributed by atoms with Crippen molar-refractivity contribution in [2.24, 2.45) is 0 Å². The second-order valence-corrected chi connectivity index (χ2v) is 4.31. The molecule has 0 radical (unpaired) electrons. The molecule has 0 amide bonds. The van der Waals surface area contributed by atoms with Gasteiger partial charge in [-0.2, -0.15) is 0 Å². The average molecular weight is 248 g/mol. The molecule has 0 saturated carbocycles. The van der Waals surface area contributed by atoms with Crippen molar-refractivity contribution in [3.05, 3.63) is 42.0 Å². The summed E-state index contributed by atoms with van der Waals surface area (Å²) in [6, 6.07) is 7.19. The molecule has 0 aliphatic carbocycles. The van der Waals surface area contributed by atoms with Gasteiger partial charge < -0.3 is 10.6 Å². The smallest absolute Gasteiger partial charge is 0.171 e. The molecule has 0 unspecified atom stereocenters. The van der Waals surface area contributed by atoms with Crippen molar-refractivity contribution in [2.75, 3.05) is 11.9 Å². The first-order chi connectivity index (χ1) is 7.99. The molecule has 2 N–H and O–H groups in total. The third-order valence-electron chi connectivity index (χ3n) is 2.10. The van der Waals surface area contributed by atoms with Crippen molar-refractivity contribution >= 4 is 28.8 Å². The number of nitrogens with one attached hydrogen (secondary N) is 2. The molecule has 3 nitrogen and oxygen atoms in total. The highest BCUT2D eigenvalue weighted by Gasteiger charge is 2.00. The predicted octanol–water partition coefficient (Wildman–Crippen LogP) is 2.75. The highest BCUT2D eigenvalue weighted by Crippen LogP contribution is 2.09. The lowest BCUT2D eigenvalue weighted by molar-refractivity contribution is 0.101. The van der Waals surface area contributed by atoms with E-state index in [0.29, 0.717) is 17.2 Å². The van der Waals surface area contributed by atoms with Crippen LogP contribution >= 0.6 is 12.2 Å². The van der Waals surface area contributed by atoms with Crippen LogP contribution in [0.5, 0.6) is 0 Å². The first-order valence-electron chi connectivity index (χ1n) is 5.29. The second-order valence-electron chi connectivity index (χ2n) is 3.90. The Labute approximate surface area is 107 Å². The fourth-order valence-electron chi connectivity index (χ4n) is 1.19. The summed E-state index contributed by atoms with van der Waals surface area (Å²) in [6.45, 7) is 7.90. The van der Waals surface area contributed by atoms with E-state index in [1.807, 2.05) is 19.1 Å². The molecule has 1 aromatic carbocycles. The zero-order valence-electron chi connectivity index (χ0n) is 10.0. The summed E-state index contributed by atoms with van der Waals surface area (Å²) in [4.78, 5) is 11.1. The topological polar surface area (TPSA) is 41.1 Å². The molecular formula is C13H16N2OS. The van der Waals surface area contributed by atoms with Gasteiger partial charge in [0.1, 0.15) is 0 Å². The van der Waals surface area contributed by atoms with Crippen molar-refractivity contribution in [1.82, 2.24) is 5.32 Å². The van der Waals surface area contributed by atoms with Crippen LogP contribution in [0.3, 0.4) is 0 Å². The van der Waals surface area contributed by atoms with Gasteiger partial charge in [-0.25, -0.2) is 0 Å². The van der Waals surface area contributed by atoms with Crippen LogP contribution in [0.15, 0.2) is 36.4 Å². The average Bonchev–Trinajstić information content (AvgIpc) is 2.27. The van der Waals surface area contributed by atoms with E-state index < -0.39 is 0 Å². The number of anilines is 1. The van der Waals surface area contributed by atoms with Crippen LogP contribution < -0.4 is 10.6 Å². The van der Waals surface area contributed by atoms with Gasteiger partial charge in [0, 0.05) is 17.8 Å². The number of carbonyl (C=O) groups excluding carboxylic acids is 1. The fourth-order valence-corrected chi connectivity index (χ4v) is 1.38. The predicted molar refractivity (Wildman–Crippen MR) is 75.5 cm³/mol. The normalized spacial score (nSPS) is 9.53. The Bertz CT molecular complexity index is 437. The van der Waals surface area contributed by atoms with Gasteiger partial charge in [0.15, 0.2) is 10.9 Å². The van der Waals surface area contributed by atoms with E-state index in [9.17, 15) is 4.79 Å². The van der Waals surface area contributed by atoms with Crippen molar-refractivity contribution < 1.29 is 4.79 Å². The highest BCUT2D eigenvalue weighted by atomic mass is 32.1. The van der Waals surface area contributed by atoms with Crippen LogP contribution in [0.2, 0.25) is 0 Å². The first-order valence-corrected chi connectivity index (χ1v) is 5.70. The Morgan fingerprint density at radius 3 is 2.35 bits per heavy atom. The van der Waals surface area contributed by atoms with E-state index in [1.54, 1.807) is 19.1 Å². The Kier molecular flexibility index (Phi) is 4.84. The van der Waals surface area contributed by atoms with Crippen LogP contribution in [0.1, 0.15) is 24.2 Å². The van der Waals surface area contributed by atoms with E-state index in [2.05, 4.69) is 17.2 Å². The van der Waals surface area contributed by atoms with Gasteiger partial charge >= 0.3 is 0 Å². The Hall–Kier alpha value is -1.68. The Balaban J connectivity index is 2.54. The monoisotopic (exact) mass is 248 g/mol. The van der Waals surface area contributed by atoms with E-state index in [1.165, 1.54) is 0 Å². The molecule has 1 aromatic rings. The largest absolute Gasteiger partial charge is 0.359 e. The molecule has 17 heavy (non-hydrogen) atoms. The lowest BCUT2D eigenvalue weighted by Gasteiger charge is -2.10. The van der Waals surface area contributed by atoms with Crippen molar-refractivity contribution in [3.63, 3.8) is 0 Å². The number of hydrogen-bond acceptors (Lipinski definition) is 2. The van der Waals surface area contributed by atoms with Crippen molar-refractivity contribution in [2.45, 2.75) is 13.8 Å². The number of Topliss-reactive ketones (excluding diaryl/α,β-unsaturated/α-hetero) is 1. The number of hydrogen-bond donors (Lipinski definition) is 2. The number of carbonyl (C=O) groups is 1. The van der Waals surface area contributed by atoms with Gasteiger partial charge in [-0.05, 0) is 50.3 Å². The number of benzene rings is 1. The quantitative estimate of drug-likeness (QED) is 0.488. The van der Waals surface area contributed by atoms with E-state index in [0.717, 1.165) is 11.3 Å². The summed E-state index contributed by atoms with van der Waals surface area (Å²) in [7, 11) is 0. The molecule has 0 saturated heterocycles. The molecule has 0 spiro atoms. The van der Waals surface area contributed by atoms with Crippen LogP contribution in [-0.2, 0) is 0 Å². The SMILES string of the molecule is C=C(C)CNC(=S)Nc1ccc(C(C)=O)cc1. The summed E-state index contributed by atoms with van der Waals surface area (Å²) in [5.41, 5.74) is 2.56. The molecule has 0 fully saturated rings. The summed E-state index contributed by atoms with van der Waals surface area (Å²) in [5, 5.41) is 6.60. The maximum absolute atomic E-state index is 11.1. The van der Waals surface area contributed by atoms with Crippen LogP contribution in [0.25, 0.3) is 0 Å². The lowest BCUT2D eigenvalue weighted by atomic mass is 10.1. The second kappa shape index (κ2) is 6.15. The molecule has 0 aliphatic heterocycles. The van der Waals surface area contributed by atoms with E-state index in [4.69, 9.17) is 12.2 Å². The van der Waals surface area contributed by atoms with Gasteiger partial charge in [0.25, 0.3) is 0 Å². The minimum atomic E-state index is 0.0551. The summed E-state index contributed by atoms with van der Waals surface area (Å²) in [6.07, 6.45) is 0. The van der Waals surface area contributed by atoms with E-state index >= 15 is 0 Å². The number of thiocarbonyl (C=S) groups is 1. The van der Waals surface area contributed by atoms with E-state index in [-0.39, 0.29) is 5.78 Å². The number of rotatable bonds is 4. The van der Waals surface area contributed by atoms with Crippen LogP contribution in [0.4, 0.5) is 5.69 Å². The van der Waals surface area contributed by atoms with Gasteiger partial charge in [-0.3, -0.25) is 4.79 Å². The molecule has 0 heterocycles. The van der Waals surface area contributed by atoms with Gasteiger partial charge in [0.2, 0.25) is 0 Å². The molecule has 0 atom stereocenters. The summed E-state index contributed by atoms with van der Waals surface area (Å²) < 4.78 is 0. The summed E-state index contributed by atoms with van der Waals surface area (Å²) in [5.74, 6) is 0.0551. The molecule has 90 valence electrons. The Morgan fingerprint density at radius 2 is 1.88 bits per heavy atom. The van der Waals surface area contributed by atoms with Gasteiger partial charge in [-0.1, -0.05) is 12.2 Å². The standard InChI is InChI=1S/C13H16N2OS/c1-9(2)8-14-13(17)15-12-6-4-11(5-7-12)10(3)16/h4-7H,1,8H2,2-3H3,(H2,14,15,17). The van der Waals surface area contributed by atoms with Crippen molar-refractivity contribution in [3.8, 4) is 0 Å². The molecule has 0 bridgehead atoms. The zero-order valence-corrected chi connectivity index (χ0v) is 10.9.